The summed E-state index contributed by atoms with van der Waals surface area (Å²) in [6.45, 7) is 2.73. The lowest BCUT2D eigenvalue weighted by Crippen LogP contribution is -2.40. The summed E-state index contributed by atoms with van der Waals surface area (Å²) in [5, 5.41) is 2.61. The number of sulfonamides is 1. The van der Waals surface area contributed by atoms with E-state index in [4.69, 9.17) is 16.3 Å². The molecule has 2 aromatic rings. The van der Waals surface area contributed by atoms with Gasteiger partial charge in [0.25, 0.3) is 5.91 Å². The fourth-order valence-corrected chi connectivity index (χ4v) is 6.65. The van der Waals surface area contributed by atoms with Gasteiger partial charge in [-0.1, -0.05) is 30.7 Å². The lowest BCUT2D eigenvalue weighted by molar-refractivity contribution is 0.0730. The maximum atomic E-state index is 13.0. The van der Waals surface area contributed by atoms with Crippen LogP contribution in [0.2, 0.25) is 5.02 Å². The van der Waals surface area contributed by atoms with Crippen LogP contribution in [0.1, 0.15) is 23.7 Å². The van der Waals surface area contributed by atoms with Crippen molar-refractivity contribution in [2.45, 2.75) is 23.1 Å². The number of rotatable bonds is 7. The van der Waals surface area contributed by atoms with Crippen LogP contribution in [-0.4, -0.2) is 59.1 Å². The van der Waals surface area contributed by atoms with Crippen LogP contribution in [0.4, 0.5) is 5.69 Å². The average molecular weight is 487 g/mol. The molecule has 0 atom stereocenters. The number of amides is 1. The molecule has 0 saturated carbocycles. The van der Waals surface area contributed by atoms with E-state index >= 15 is 0 Å². The number of benzene rings is 2. The van der Waals surface area contributed by atoms with Gasteiger partial charge in [-0.25, -0.2) is 16.8 Å². The molecule has 1 aliphatic rings. The van der Waals surface area contributed by atoms with E-state index in [9.17, 15) is 21.6 Å². The molecule has 1 aliphatic heterocycles. The average Bonchev–Trinajstić information content (AvgIpc) is 2.75. The number of nitrogens with zero attached hydrogens (tertiary/aromatic N) is 1. The van der Waals surface area contributed by atoms with E-state index in [-0.39, 0.29) is 58.1 Å². The molecule has 8 nitrogen and oxygen atoms in total. The van der Waals surface area contributed by atoms with Gasteiger partial charge in [0, 0.05) is 18.8 Å². The summed E-state index contributed by atoms with van der Waals surface area (Å²) < 4.78 is 57.5. The Balaban J connectivity index is 1.91. The lowest BCUT2D eigenvalue weighted by atomic mass is 10.2. The van der Waals surface area contributed by atoms with E-state index in [1.165, 1.54) is 34.6 Å². The number of halogens is 1. The first-order valence-electron chi connectivity index (χ1n) is 9.67. The van der Waals surface area contributed by atoms with Crippen molar-refractivity contribution in [3.8, 4) is 0 Å². The number of hydrogen-bond acceptors (Lipinski definition) is 6. The number of nitrogens with one attached hydrogen (secondary N) is 1. The van der Waals surface area contributed by atoms with Crippen LogP contribution in [0.3, 0.4) is 0 Å². The van der Waals surface area contributed by atoms with Crippen molar-refractivity contribution in [3.05, 3.63) is 53.1 Å². The quantitative estimate of drug-likeness (QED) is 0.644. The maximum absolute atomic E-state index is 13.0. The molecule has 0 unspecified atom stereocenters. The number of ether oxygens (including phenoxy) is 1. The molecular formula is C20H23ClN2O6S2. The highest BCUT2D eigenvalue weighted by molar-refractivity contribution is 7.91. The molecule has 1 amide bonds. The Kier molecular flexibility index (Phi) is 7.38. The van der Waals surface area contributed by atoms with Crippen LogP contribution in [0.5, 0.6) is 0 Å². The summed E-state index contributed by atoms with van der Waals surface area (Å²) in [4.78, 5) is 12.6. The van der Waals surface area contributed by atoms with Gasteiger partial charge in [-0.2, -0.15) is 4.31 Å². The van der Waals surface area contributed by atoms with Gasteiger partial charge in [-0.3, -0.25) is 4.79 Å². The fourth-order valence-electron chi connectivity index (χ4n) is 3.21. The maximum Gasteiger partial charge on any atom is 0.256 e. The fraction of sp³-hybridized carbons (Fsp3) is 0.350. The molecule has 3 rings (SSSR count). The van der Waals surface area contributed by atoms with Crippen LogP contribution in [0.25, 0.3) is 0 Å². The second-order valence-corrected chi connectivity index (χ2v) is 11.3. The summed E-state index contributed by atoms with van der Waals surface area (Å²) >= 11 is 6.14. The molecule has 11 heteroatoms. The van der Waals surface area contributed by atoms with Crippen molar-refractivity contribution in [2.24, 2.45) is 0 Å². The number of anilines is 1. The third-order valence-corrected chi connectivity index (χ3v) is 9.07. The highest BCUT2D eigenvalue weighted by Crippen LogP contribution is 2.29. The van der Waals surface area contributed by atoms with E-state index in [1.807, 2.05) is 0 Å². The smallest absolute Gasteiger partial charge is 0.256 e. The van der Waals surface area contributed by atoms with Crippen molar-refractivity contribution in [2.75, 3.05) is 37.4 Å². The highest BCUT2D eigenvalue weighted by Gasteiger charge is 2.29. The number of hydrogen-bond donors (Lipinski definition) is 1. The van der Waals surface area contributed by atoms with Gasteiger partial charge < -0.3 is 10.1 Å². The molecule has 1 saturated heterocycles. The standard InChI is InChI=1S/C20H23ClN2O6S2/c1-2-13-30(25,26)18-6-4-3-5-16(18)20(24)22-15-7-8-17(21)19(14-15)31(27,28)23-9-11-29-12-10-23/h3-8,14H,2,9-13H2,1H3,(H,22,24). The summed E-state index contributed by atoms with van der Waals surface area (Å²) in [5.41, 5.74) is 0.174. The van der Waals surface area contributed by atoms with Crippen LogP contribution >= 0.6 is 11.6 Å². The monoisotopic (exact) mass is 486 g/mol. The third-order valence-electron chi connectivity index (χ3n) is 4.72. The Labute approximate surface area is 187 Å². The van der Waals surface area contributed by atoms with Gasteiger partial charge in [0.05, 0.1) is 34.4 Å². The zero-order chi connectivity index (χ0) is 22.6. The molecule has 168 valence electrons. The van der Waals surface area contributed by atoms with E-state index in [2.05, 4.69) is 5.32 Å². The van der Waals surface area contributed by atoms with Gasteiger partial charge in [0.2, 0.25) is 10.0 Å². The van der Waals surface area contributed by atoms with E-state index < -0.39 is 25.8 Å². The molecule has 0 aliphatic carbocycles. The van der Waals surface area contributed by atoms with Gasteiger partial charge in [0.1, 0.15) is 4.90 Å². The van der Waals surface area contributed by atoms with Gasteiger partial charge in [0.15, 0.2) is 9.84 Å². The lowest BCUT2D eigenvalue weighted by Gasteiger charge is -2.26. The van der Waals surface area contributed by atoms with Crippen LogP contribution in [-0.2, 0) is 24.6 Å². The summed E-state index contributed by atoms with van der Waals surface area (Å²) in [5.74, 6) is -0.743. The summed E-state index contributed by atoms with van der Waals surface area (Å²) in [6.07, 6.45) is 0.415. The second kappa shape index (κ2) is 9.66. The molecule has 1 N–H and O–H groups in total. The minimum absolute atomic E-state index is 0.0107. The zero-order valence-electron chi connectivity index (χ0n) is 16.9. The number of carbonyl (C=O) groups is 1. The Morgan fingerprint density at radius 3 is 2.42 bits per heavy atom. The first-order chi connectivity index (χ1) is 14.7. The third kappa shape index (κ3) is 5.27. The molecule has 2 aromatic carbocycles. The SMILES string of the molecule is CCCS(=O)(=O)c1ccccc1C(=O)Nc1ccc(Cl)c(S(=O)(=O)N2CCOCC2)c1. The number of morpholine rings is 1. The summed E-state index contributed by atoms with van der Waals surface area (Å²) in [6, 6.07) is 10.0. The largest absolute Gasteiger partial charge is 0.379 e. The molecule has 1 fully saturated rings. The Morgan fingerprint density at radius 1 is 1.06 bits per heavy atom. The zero-order valence-corrected chi connectivity index (χ0v) is 19.3. The van der Waals surface area contributed by atoms with E-state index in [1.54, 1.807) is 19.1 Å². The topological polar surface area (TPSA) is 110 Å². The van der Waals surface area contributed by atoms with Gasteiger partial charge in [-0.05, 0) is 36.8 Å². The Bertz CT molecular complexity index is 1180. The van der Waals surface area contributed by atoms with Crippen molar-refractivity contribution in [1.29, 1.82) is 0 Å². The van der Waals surface area contributed by atoms with E-state index in [0.717, 1.165) is 0 Å². The molecule has 31 heavy (non-hydrogen) atoms. The first-order valence-corrected chi connectivity index (χ1v) is 13.1. The molecule has 1 heterocycles. The van der Waals surface area contributed by atoms with Gasteiger partial charge in [-0.15, -0.1) is 0 Å². The molecule has 0 radical (unpaired) electrons. The number of carbonyl (C=O) groups excluding carboxylic acids is 1. The van der Waals surface area contributed by atoms with Crippen molar-refractivity contribution >= 4 is 43.1 Å². The Hall–Kier alpha value is -1.98. The summed E-state index contributed by atoms with van der Waals surface area (Å²) in [7, 11) is -7.51. The minimum atomic E-state index is -3.88. The van der Waals surface area contributed by atoms with Gasteiger partial charge >= 0.3 is 0 Å². The first kappa shape index (κ1) is 23.7. The van der Waals surface area contributed by atoms with Crippen molar-refractivity contribution < 1.29 is 26.4 Å². The molecule has 0 aromatic heterocycles. The van der Waals surface area contributed by atoms with Crippen LogP contribution < -0.4 is 5.32 Å². The molecule has 0 spiro atoms. The highest BCUT2D eigenvalue weighted by atomic mass is 35.5. The van der Waals surface area contributed by atoms with Crippen molar-refractivity contribution in [3.63, 3.8) is 0 Å². The predicted octanol–water partition coefficient (Wildman–Crippen LogP) is 2.80. The normalized spacial score (nSPS) is 15.5. The van der Waals surface area contributed by atoms with Crippen LogP contribution in [0, 0.1) is 0 Å². The van der Waals surface area contributed by atoms with Crippen LogP contribution in [0.15, 0.2) is 52.3 Å². The minimum Gasteiger partial charge on any atom is -0.379 e. The second-order valence-electron chi connectivity index (χ2n) is 6.93. The van der Waals surface area contributed by atoms with Crippen molar-refractivity contribution in [1.82, 2.24) is 4.31 Å². The Morgan fingerprint density at radius 2 is 1.74 bits per heavy atom. The predicted molar refractivity (Wildman–Crippen MR) is 118 cm³/mol. The number of sulfone groups is 1. The molecular weight excluding hydrogens is 464 g/mol. The van der Waals surface area contributed by atoms with E-state index in [0.29, 0.717) is 6.42 Å². The molecule has 0 bridgehead atoms.